The van der Waals surface area contributed by atoms with E-state index >= 15 is 0 Å². The molecule has 0 unspecified atom stereocenters. The molecule has 0 atom stereocenters. The summed E-state index contributed by atoms with van der Waals surface area (Å²) in [6.07, 6.45) is 2.04. The average molecular weight is 723 g/mol. The van der Waals surface area contributed by atoms with Crippen molar-refractivity contribution in [1.82, 2.24) is 5.06 Å². The number of carbonyl (C=O) groups excluding carboxylic acids is 4. The summed E-state index contributed by atoms with van der Waals surface area (Å²) in [5.74, 6) is -2.01. The molecule has 0 spiro atoms. The van der Waals surface area contributed by atoms with E-state index in [9.17, 15) is 19.2 Å². The summed E-state index contributed by atoms with van der Waals surface area (Å²) in [6, 6.07) is 3.89. The summed E-state index contributed by atoms with van der Waals surface area (Å²) in [5, 5.41) is 0.573. The first-order chi connectivity index (χ1) is 13.3. The standard InChI is InChI=1S/C18H16I3NO6/c19-11-7-12(20)16(13(21)8-11)27-17(25)9-1-3-10(4-2-9)18(26)28-22-14(23)5-6-15(22)24/h7-10H,1-6H2. The van der Waals surface area contributed by atoms with Crippen molar-refractivity contribution in [2.24, 2.45) is 11.8 Å². The van der Waals surface area contributed by atoms with E-state index in [0.29, 0.717) is 36.5 Å². The molecule has 0 N–H and O–H groups in total. The van der Waals surface area contributed by atoms with Crippen molar-refractivity contribution in [1.29, 1.82) is 0 Å². The maximum atomic E-state index is 12.6. The van der Waals surface area contributed by atoms with Crippen molar-refractivity contribution < 1.29 is 28.8 Å². The summed E-state index contributed by atoms with van der Waals surface area (Å²) >= 11 is 6.51. The van der Waals surface area contributed by atoms with Crippen molar-refractivity contribution >= 4 is 91.5 Å². The highest BCUT2D eigenvalue weighted by molar-refractivity contribution is 14.1. The Hall–Kier alpha value is -0.510. The highest BCUT2D eigenvalue weighted by Crippen LogP contribution is 2.34. The van der Waals surface area contributed by atoms with Gasteiger partial charge in [0.15, 0.2) is 5.75 Å². The Morgan fingerprint density at radius 2 is 1.32 bits per heavy atom. The number of esters is 1. The topological polar surface area (TPSA) is 90.0 Å². The van der Waals surface area contributed by atoms with Crippen molar-refractivity contribution in [3.8, 4) is 5.75 Å². The van der Waals surface area contributed by atoms with Crippen molar-refractivity contribution in [3.05, 3.63) is 22.8 Å². The summed E-state index contributed by atoms with van der Waals surface area (Å²) < 4.78 is 8.45. The van der Waals surface area contributed by atoms with Crippen LogP contribution in [-0.2, 0) is 24.0 Å². The molecule has 0 aromatic heterocycles. The minimum absolute atomic E-state index is 0.0703. The fraction of sp³-hybridized carbons (Fsp3) is 0.444. The van der Waals surface area contributed by atoms with Crippen LogP contribution in [0.2, 0.25) is 0 Å². The van der Waals surface area contributed by atoms with Crippen LogP contribution in [0.4, 0.5) is 0 Å². The first-order valence-electron chi connectivity index (χ1n) is 8.70. The molecule has 1 aromatic carbocycles. The predicted octanol–water partition coefficient (Wildman–Crippen LogP) is 3.82. The van der Waals surface area contributed by atoms with E-state index in [1.165, 1.54) is 0 Å². The molecule has 0 radical (unpaired) electrons. The molecule has 1 aliphatic heterocycles. The minimum Gasteiger partial charge on any atom is -0.424 e. The third-order valence-electron chi connectivity index (χ3n) is 4.75. The Morgan fingerprint density at radius 1 is 0.857 bits per heavy atom. The SMILES string of the molecule is O=C(Oc1c(I)cc(I)cc1I)C1CCC(C(=O)ON2C(=O)CCC2=O)CC1. The lowest BCUT2D eigenvalue weighted by Gasteiger charge is -2.26. The second-order valence-corrected chi connectivity index (χ2v) is 10.2. The molecule has 28 heavy (non-hydrogen) atoms. The number of imide groups is 1. The van der Waals surface area contributed by atoms with E-state index in [1.807, 2.05) is 12.1 Å². The molecular formula is C18H16I3NO6. The second kappa shape index (κ2) is 9.53. The summed E-state index contributed by atoms with van der Waals surface area (Å²) in [5.41, 5.74) is 0. The first-order valence-corrected chi connectivity index (χ1v) is 11.9. The lowest BCUT2D eigenvalue weighted by atomic mass is 9.82. The zero-order chi connectivity index (χ0) is 20.4. The number of halogens is 3. The molecule has 1 heterocycles. The van der Waals surface area contributed by atoms with E-state index in [0.717, 1.165) is 10.7 Å². The number of rotatable bonds is 4. The van der Waals surface area contributed by atoms with Crippen LogP contribution < -0.4 is 4.74 Å². The first kappa shape index (κ1) is 22.2. The van der Waals surface area contributed by atoms with Gasteiger partial charge in [-0.2, -0.15) is 0 Å². The number of hydroxylamine groups is 2. The van der Waals surface area contributed by atoms with Gasteiger partial charge in [0, 0.05) is 16.4 Å². The molecule has 1 saturated heterocycles. The van der Waals surface area contributed by atoms with Crippen LogP contribution in [0.3, 0.4) is 0 Å². The lowest BCUT2D eigenvalue weighted by molar-refractivity contribution is -0.201. The molecule has 1 aliphatic carbocycles. The van der Waals surface area contributed by atoms with Gasteiger partial charge < -0.3 is 9.57 Å². The van der Waals surface area contributed by atoms with Gasteiger partial charge >= 0.3 is 11.9 Å². The second-order valence-electron chi connectivity index (χ2n) is 6.66. The van der Waals surface area contributed by atoms with Crippen molar-refractivity contribution in [2.75, 3.05) is 0 Å². The number of ether oxygens (including phenoxy) is 1. The molecule has 1 saturated carbocycles. The van der Waals surface area contributed by atoms with E-state index in [1.54, 1.807) is 0 Å². The van der Waals surface area contributed by atoms with Crippen molar-refractivity contribution in [3.63, 3.8) is 0 Å². The average Bonchev–Trinajstić information content (AvgIpc) is 2.96. The van der Waals surface area contributed by atoms with Crippen LogP contribution in [0.5, 0.6) is 5.75 Å². The van der Waals surface area contributed by atoms with Gasteiger partial charge in [-0.05, 0) is 106 Å². The van der Waals surface area contributed by atoms with E-state index in [-0.39, 0.29) is 24.7 Å². The molecule has 7 nitrogen and oxygen atoms in total. The van der Waals surface area contributed by atoms with E-state index in [2.05, 4.69) is 67.8 Å². The number of hydrogen-bond acceptors (Lipinski definition) is 6. The van der Waals surface area contributed by atoms with Gasteiger partial charge in [0.1, 0.15) is 0 Å². The summed E-state index contributed by atoms with van der Waals surface area (Å²) in [6.45, 7) is 0. The smallest absolute Gasteiger partial charge is 0.336 e. The Balaban J connectivity index is 1.53. The van der Waals surface area contributed by atoms with Gasteiger partial charge in [-0.25, -0.2) is 4.79 Å². The number of carbonyl (C=O) groups is 4. The lowest BCUT2D eigenvalue weighted by Crippen LogP contribution is -2.36. The van der Waals surface area contributed by atoms with Gasteiger partial charge in [-0.15, -0.1) is 5.06 Å². The Morgan fingerprint density at radius 3 is 1.82 bits per heavy atom. The van der Waals surface area contributed by atoms with Crippen LogP contribution >= 0.6 is 67.8 Å². The van der Waals surface area contributed by atoms with Crippen LogP contribution in [0.1, 0.15) is 38.5 Å². The van der Waals surface area contributed by atoms with Crippen molar-refractivity contribution in [2.45, 2.75) is 38.5 Å². The molecule has 1 aromatic rings. The van der Waals surface area contributed by atoms with E-state index in [4.69, 9.17) is 9.57 Å². The Kier molecular flexibility index (Phi) is 7.55. The highest BCUT2D eigenvalue weighted by atomic mass is 127. The zero-order valence-electron chi connectivity index (χ0n) is 14.6. The minimum atomic E-state index is -0.586. The number of amides is 2. The van der Waals surface area contributed by atoms with Gasteiger partial charge in [-0.3, -0.25) is 14.4 Å². The summed E-state index contributed by atoms with van der Waals surface area (Å²) in [7, 11) is 0. The van der Waals surface area contributed by atoms with Gasteiger partial charge in [0.05, 0.1) is 19.0 Å². The predicted molar refractivity (Wildman–Crippen MR) is 123 cm³/mol. The number of hydrogen-bond donors (Lipinski definition) is 0. The largest absolute Gasteiger partial charge is 0.424 e. The quantitative estimate of drug-likeness (QED) is 0.203. The van der Waals surface area contributed by atoms with Gasteiger partial charge in [0.25, 0.3) is 11.8 Å². The van der Waals surface area contributed by atoms with Crippen LogP contribution in [0.15, 0.2) is 12.1 Å². The van der Waals surface area contributed by atoms with Gasteiger partial charge in [-0.1, -0.05) is 0 Å². The molecule has 2 fully saturated rings. The highest BCUT2D eigenvalue weighted by Gasteiger charge is 2.37. The molecular weight excluding hydrogens is 707 g/mol. The molecule has 3 rings (SSSR count). The van der Waals surface area contributed by atoms with Crippen LogP contribution in [-0.4, -0.2) is 28.8 Å². The maximum Gasteiger partial charge on any atom is 0.336 e. The molecule has 150 valence electrons. The number of nitrogens with zero attached hydrogens (tertiary/aromatic N) is 1. The molecule has 2 aliphatic rings. The molecule has 2 amide bonds. The van der Waals surface area contributed by atoms with Crippen LogP contribution in [0.25, 0.3) is 0 Å². The Bertz CT molecular complexity index is 796. The third-order valence-corrected chi connectivity index (χ3v) is 6.97. The normalized spacial score (nSPS) is 22.3. The van der Waals surface area contributed by atoms with E-state index < -0.39 is 23.7 Å². The summed E-state index contributed by atoms with van der Waals surface area (Å²) in [4.78, 5) is 52.9. The van der Waals surface area contributed by atoms with Gasteiger partial charge in [0.2, 0.25) is 0 Å². The number of benzene rings is 1. The monoisotopic (exact) mass is 723 g/mol. The fourth-order valence-corrected chi connectivity index (χ4v) is 7.00. The fourth-order valence-electron chi connectivity index (χ4n) is 3.20. The molecule has 10 heteroatoms. The third kappa shape index (κ3) is 5.15. The zero-order valence-corrected chi connectivity index (χ0v) is 21.1. The maximum absolute atomic E-state index is 12.6. The Labute approximate surface area is 202 Å². The van der Waals surface area contributed by atoms with Crippen LogP contribution in [0, 0.1) is 22.5 Å². The molecule has 0 bridgehead atoms.